The monoisotopic (exact) mass is 535 g/mol. The zero-order valence-electron chi connectivity index (χ0n) is 22.1. The first-order valence-electron chi connectivity index (χ1n) is 13.9. The molecule has 3 fully saturated rings. The number of nitrogens with zero attached hydrogens (tertiary/aromatic N) is 4. The number of ether oxygens (including phenoxy) is 1. The summed E-state index contributed by atoms with van der Waals surface area (Å²) in [5, 5.41) is 8.51. The van der Waals surface area contributed by atoms with E-state index >= 15 is 0 Å². The summed E-state index contributed by atoms with van der Waals surface area (Å²) in [5.41, 5.74) is 0. The molecule has 11 heteroatoms. The van der Waals surface area contributed by atoms with Gasteiger partial charge < -0.3 is 25.6 Å². The number of carbonyl (C=O) groups excluding carboxylic acids is 3. The molecule has 3 aliphatic rings. The van der Waals surface area contributed by atoms with Crippen LogP contribution in [0.15, 0.2) is 48.8 Å². The second-order valence-corrected chi connectivity index (χ2v) is 10.5. The molecule has 2 aliphatic heterocycles. The predicted molar refractivity (Wildman–Crippen MR) is 145 cm³/mol. The number of hydrogen-bond donors (Lipinski definition) is 3. The largest absolute Gasteiger partial charge is 0.468 e. The topological polar surface area (TPSA) is 129 Å². The predicted octanol–water partition coefficient (Wildman–Crippen LogP) is 1.07. The van der Waals surface area contributed by atoms with Gasteiger partial charge in [0.2, 0.25) is 24.0 Å². The number of para-hydroxylation sites is 1. The number of benzene rings is 1. The van der Waals surface area contributed by atoms with E-state index in [1.54, 1.807) is 30.6 Å². The Balaban J connectivity index is 1.16. The van der Waals surface area contributed by atoms with E-state index in [2.05, 4.69) is 35.7 Å². The van der Waals surface area contributed by atoms with Crippen molar-refractivity contribution in [2.24, 2.45) is 5.92 Å². The van der Waals surface area contributed by atoms with Crippen LogP contribution in [0.4, 0.5) is 5.95 Å². The Hall–Kier alpha value is -3.73. The lowest BCUT2D eigenvalue weighted by atomic mass is 9.84. The van der Waals surface area contributed by atoms with Crippen molar-refractivity contribution in [3.8, 4) is 5.75 Å². The van der Waals surface area contributed by atoms with Crippen LogP contribution in [0.25, 0.3) is 0 Å². The third kappa shape index (κ3) is 7.23. The Kier molecular flexibility index (Phi) is 8.87. The van der Waals surface area contributed by atoms with Crippen molar-refractivity contribution in [3.05, 3.63) is 48.8 Å². The van der Waals surface area contributed by atoms with Gasteiger partial charge in [-0.2, -0.15) is 0 Å². The first-order valence-corrected chi connectivity index (χ1v) is 13.9. The molecule has 1 saturated carbocycles. The molecular weight excluding hydrogens is 498 g/mol. The van der Waals surface area contributed by atoms with Crippen LogP contribution in [-0.2, 0) is 14.4 Å². The fraction of sp³-hybridized carbons (Fsp3) is 0.536. The third-order valence-electron chi connectivity index (χ3n) is 7.69. The lowest BCUT2D eigenvalue weighted by Crippen LogP contribution is -2.72. The van der Waals surface area contributed by atoms with Crippen molar-refractivity contribution in [2.75, 3.05) is 37.6 Å². The van der Waals surface area contributed by atoms with Crippen molar-refractivity contribution >= 4 is 23.7 Å². The van der Waals surface area contributed by atoms with E-state index in [4.69, 9.17) is 4.74 Å². The molecule has 0 unspecified atom stereocenters. The number of β-lactam (4-membered cyclic amide) rings is 1. The summed E-state index contributed by atoms with van der Waals surface area (Å²) in [4.78, 5) is 51.6. The van der Waals surface area contributed by atoms with Crippen LogP contribution in [0, 0.1) is 5.92 Å². The zero-order chi connectivity index (χ0) is 27.0. The number of nitrogens with one attached hydrogen (secondary N) is 3. The molecule has 1 aromatic carbocycles. The molecule has 0 radical (unpaired) electrons. The summed E-state index contributed by atoms with van der Waals surface area (Å²) < 4.78 is 5.83. The van der Waals surface area contributed by atoms with Crippen LogP contribution in [0.5, 0.6) is 5.75 Å². The van der Waals surface area contributed by atoms with Gasteiger partial charge >= 0.3 is 0 Å². The zero-order valence-corrected chi connectivity index (χ0v) is 22.1. The van der Waals surface area contributed by atoms with E-state index in [9.17, 15) is 14.4 Å². The minimum atomic E-state index is -0.809. The number of rotatable bonds is 10. The molecule has 2 saturated heterocycles. The molecular formula is C28H37N7O4. The number of anilines is 1. The Morgan fingerprint density at radius 3 is 2.41 bits per heavy atom. The minimum absolute atomic E-state index is 0.189. The lowest BCUT2D eigenvalue weighted by Gasteiger charge is -2.38. The average Bonchev–Trinajstić information content (AvgIpc) is 2.97. The van der Waals surface area contributed by atoms with Gasteiger partial charge in [0.25, 0.3) is 5.91 Å². The molecule has 3 N–H and O–H groups in total. The number of aromatic nitrogens is 2. The van der Waals surface area contributed by atoms with Gasteiger partial charge in [-0.3, -0.25) is 19.3 Å². The molecule has 3 amide bonds. The number of hydrogen-bond acceptors (Lipinski definition) is 8. The van der Waals surface area contributed by atoms with Gasteiger partial charge in [-0.25, -0.2) is 9.97 Å². The standard InChI is InChI=1S/C28H37N7O4/c36-23(19-34-14-16-35(17-15-34)28-29-12-7-13-30-28)31-22(18-20-8-3-1-4-9-20)25(37)32-24-26(38)33-27(24)39-21-10-5-2-6-11-21/h2,5-7,10-13,20,22,24,27H,1,3-4,8-9,14-19H2,(H,31,36)(H,32,37)(H,33,38)/t22-,24+,27+/m0/s1. The van der Waals surface area contributed by atoms with Crippen LogP contribution in [-0.4, -0.2) is 83.6 Å². The second kappa shape index (κ2) is 12.9. The van der Waals surface area contributed by atoms with E-state index < -0.39 is 18.3 Å². The van der Waals surface area contributed by atoms with Crippen LogP contribution in [0.2, 0.25) is 0 Å². The summed E-state index contributed by atoms with van der Waals surface area (Å²) in [7, 11) is 0. The van der Waals surface area contributed by atoms with Gasteiger partial charge in [0.05, 0.1) is 6.54 Å². The Labute approximate surface area is 228 Å². The van der Waals surface area contributed by atoms with E-state index in [1.807, 2.05) is 18.2 Å². The van der Waals surface area contributed by atoms with Crippen LogP contribution in [0.1, 0.15) is 38.5 Å². The summed E-state index contributed by atoms with van der Waals surface area (Å²) in [5.74, 6) is 0.836. The summed E-state index contributed by atoms with van der Waals surface area (Å²) >= 11 is 0. The number of carbonyl (C=O) groups is 3. The average molecular weight is 536 g/mol. The summed E-state index contributed by atoms with van der Waals surface area (Å²) in [6.45, 7) is 3.06. The highest BCUT2D eigenvalue weighted by Gasteiger charge is 2.43. The molecule has 11 nitrogen and oxygen atoms in total. The molecule has 5 rings (SSSR count). The first kappa shape index (κ1) is 26.9. The molecule has 0 spiro atoms. The molecule has 2 aromatic rings. The number of amides is 3. The number of piperazine rings is 1. The maximum atomic E-state index is 13.4. The SMILES string of the molecule is O=C(CN1CCN(c2ncccn2)CC1)N[C@@H](CC1CCCCC1)C(=O)N[C@@H]1C(=O)N[C@@H]1Oc1ccccc1. The van der Waals surface area contributed by atoms with Gasteiger partial charge in [-0.15, -0.1) is 0 Å². The van der Waals surface area contributed by atoms with Crippen LogP contribution < -0.4 is 25.6 Å². The Morgan fingerprint density at radius 1 is 1.00 bits per heavy atom. The molecule has 1 aliphatic carbocycles. The molecule has 1 aromatic heterocycles. The minimum Gasteiger partial charge on any atom is -0.468 e. The van der Waals surface area contributed by atoms with Crippen molar-refractivity contribution in [3.63, 3.8) is 0 Å². The molecule has 3 atom stereocenters. The lowest BCUT2D eigenvalue weighted by molar-refractivity contribution is -0.144. The van der Waals surface area contributed by atoms with Gasteiger partial charge in [-0.1, -0.05) is 50.3 Å². The van der Waals surface area contributed by atoms with E-state index in [-0.39, 0.29) is 24.3 Å². The van der Waals surface area contributed by atoms with Crippen molar-refractivity contribution < 1.29 is 19.1 Å². The fourth-order valence-electron chi connectivity index (χ4n) is 5.48. The maximum absolute atomic E-state index is 13.4. The van der Waals surface area contributed by atoms with Gasteiger partial charge in [0.1, 0.15) is 11.8 Å². The highest BCUT2D eigenvalue weighted by atomic mass is 16.5. The quantitative estimate of drug-likeness (QED) is 0.386. The van der Waals surface area contributed by atoms with Crippen molar-refractivity contribution in [2.45, 2.75) is 56.8 Å². The summed E-state index contributed by atoms with van der Waals surface area (Å²) in [6.07, 6.45) is 8.95. The van der Waals surface area contributed by atoms with E-state index in [0.29, 0.717) is 37.1 Å². The van der Waals surface area contributed by atoms with Crippen LogP contribution in [0.3, 0.4) is 0 Å². The normalized spacial score (nSPS) is 22.8. The van der Waals surface area contributed by atoms with Crippen LogP contribution >= 0.6 is 0 Å². The van der Waals surface area contributed by atoms with Gasteiger partial charge in [0.15, 0.2) is 6.04 Å². The first-order chi connectivity index (χ1) is 19.0. The van der Waals surface area contributed by atoms with Gasteiger partial charge in [0, 0.05) is 38.6 Å². The Morgan fingerprint density at radius 2 is 1.72 bits per heavy atom. The van der Waals surface area contributed by atoms with Crippen molar-refractivity contribution in [1.82, 2.24) is 30.8 Å². The van der Waals surface area contributed by atoms with Crippen molar-refractivity contribution in [1.29, 1.82) is 0 Å². The smallest absolute Gasteiger partial charge is 0.251 e. The highest BCUT2D eigenvalue weighted by Crippen LogP contribution is 2.27. The molecule has 0 bridgehead atoms. The maximum Gasteiger partial charge on any atom is 0.251 e. The second-order valence-electron chi connectivity index (χ2n) is 10.5. The Bertz CT molecular complexity index is 1110. The highest BCUT2D eigenvalue weighted by molar-refractivity contribution is 5.95. The van der Waals surface area contributed by atoms with Gasteiger partial charge in [-0.05, 0) is 30.5 Å². The van der Waals surface area contributed by atoms with E-state index in [0.717, 1.165) is 38.8 Å². The fourth-order valence-corrected chi connectivity index (χ4v) is 5.48. The molecule has 208 valence electrons. The molecule has 3 heterocycles. The molecule has 39 heavy (non-hydrogen) atoms. The third-order valence-corrected chi connectivity index (χ3v) is 7.69. The summed E-state index contributed by atoms with van der Waals surface area (Å²) in [6, 6.07) is 9.43. The van der Waals surface area contributed by atoms with E-state index in [1.165, 1.54) is 6.42 Å².